The number of aromatic amines is 1. The average Bonchev–Trinajstić information content (AvgIpc) is 3.35. The molecule has 2 aromatic carbocycles. The standard InChI is InChI=1S/C27H27N3O3/c1-16-17(2)29-25(28-16)19-12-14-20(15-13-19)27(32)33-18(3)26(31)30-23-10-6-4-8-21(23)22-9-5-7-11-24(22)30/h4,6,8,10,12-15,18H,5,7,9,11H2,1-3H3,(H,28,29). The van der Waals surface area contributed by atoms with Crippen LogP contribution < -0.4 is 0 Å². The number of carbonyl (C=O) groups excluding carboxylic acids is 2. The summed E-state index contributed by atoms with van der Waals surface area (Å²) in [6.07, 6.45) is 3.14. The molecule has 1 atom stereocenters. The molecule has 4 aromatic rings. The first-order valence-corrected chi connectivity index (χ1v) is 11.4. The van der Waals surface area contributed by atoms with Crippen LogP contribution in [-0.2, 0) is 17.6 Å². The number of nitrogens with one attached hydrogen (secondary N) is 1. The minimum atomic E-state index is -0.894. The zero-order valence-electron chi connectivity index (χ0n) is 19.1. The number of fused-ring (bicyclic) bond motifs is 3. The summed E-state index contributed by atoms with van der Waals surface area (Å²) in [5.74, 6) is 0.0399. The Morgan fingerprint density at radius 3 is 2.48 bits per heavy atom. The molecule has 0 fully saturated rings. The van der Waals surface area contributed by atoms with Crippen LogP contribution in [0.3, 0.4) is 0 Å². The molecule has 2 aromatic heterocycles. The van der Waals surface area contributed by atoms with Crippen LogP contribution in [0.4, 0.5) is 0 Å². The van der Waals surface area contributed by atoms with Crippen LogP contribution in [0.5, 0.6) is 0 Å². The van der Waals surface area contributed by atoms with Crippen LogP contribution in [0, 0.1) is 13.8 Å². The van der Waals surface area contributed by atoms with Gasteiger partial charge in [0.05, 0.1) is 16.8 Å². The Morgan fingerprint density at radius 1 is 1.03 bits per heavy atom. The first-order valence-electron chi connectivity index (χ1n) is 11.4. The molecule has 6 nitrogen and oxygen atoms in total. The molecule has 0 saturated heterocycles. The highest BCUT2D eigenvalue weighted by molar-refractivity contribution is 5.99. The van der Waals surface area contributed by atoms with Gasteiger partial charge in [0.1, 0.15) is 5.82 Å². The van der Waals surface area contributed by atoms with Crippen LogP contribution in [0.2, 0.25) is 0 Å². The van der Waals surface area contributed by atoms with Gasteiger partial charge in [-0.25, -0.2) is 9.78 Å². The van der Waals surface area contributed by atoms with Crippen molar-refractivity contribution in [3.8, 4) is 11.4 Å². The van der Waals surface area contributed by atoms with Crippen molar-refractivity contribution in [2.24, 2.45) is 0 Å². The predicted molar refractivity (Wildman–Crippen MR) is 128 cm³/mol. The van der Waals surface area contributed by atoms with E-state index in [1.165, 1.54) is 5.56 Å². The number of para-hydroxylation sites is 1. The lowest BCUT2D eigenvalue weighted by atomic mass is 9.95. The zero-order valence-corrected chi connectivity index (χ0v) is 19.1. The lowest BCUT2D eigenvalue weighted by Crippen LogP contribution is -2.30. The van der Waals surface area contributed by atoms with Gasteiger partial charge in [-0.05, 0) is 70.2 Å². The van der Waals surface area contributed by atoms with Crippen LogP contribution in [0.1, 0.15) is 57.6 Å². The molecule has 2 heterocycles. The number of aromatic nitrogens is 3. The third-order valence-corrected chi connectivity index (χ3v) is 6.55. The van der Waals surface area contributed by atoms with Crippen molar-refractivity contribution >= 4 is 22.8 Å². The molecule has 1 unspecified atom stereocenters. The van der Waals surface area contributed by atoms with Crippen molar-refractivity contribution < 1.29 is 14.3 Å². The van der Waals surface area contributed by atoms with E-state index in [0.29, 0.717) is 5.56 Å². The van der Waals surface area contributed by atoms with Crippen molar-refractivity contribution in [3.05, 3.63) is 76.7 Å². The molecule has 0 saturated carbocycles. The molecule has 0 radical (unpaired) electrons. The first-order chi connectivity index (χ1) is 15.9. The maximum Gasteiger partial charge on any atom is 0.338 e. The highest BCUT2D eigenvalue weighted by atomic mass is 16.5. The fourth-order valence-electron chi connectivity index (χ4n) is 4.66. The molecule has 0 aliphatic heterocycles. The Bertz CT molecular complexity index is 1340. The van der Waals surface area contributed by atoms with E-state index in [0.717, 1.165) is 65.1 Å². The topological polar surface area (TPSA) is 77.0 Å². The van der Waals surface area contributed by atoms with E-state index in [9.17, 15) is 9.59 Å². The Kier molecular flexibility index (Phi) is 5.36. The average molecular weight is 442 g/mol. The predicted octanol–water partition coefficient (Wildman–Crippen LogP) is 5.41. The highest BCUT2D eigenvalue weighted by Gasteiger charge is 2.28. The van der Waals surface area contributed by atoms with Gasteiger partial charge in [-0.2, -0.15) is 0 Å². The van der Waals surface area contributed by atoms with Crippen LogP contribution in [-0.4, -0.2) is 32.5 Å². The molecule has 1 aliphatic carbocycles. The molecule has 1 aliphatic rings. The maximum absolute atomic E-state index is 13.4. The number of benzene rings is 2. The quantitative estimate of drug-likeness (QED) is 0.430. The van der Waals surface area contributed by atoms with E-state index >= 15 is 0 Å². The van der Waals surface area contributed by atoms with Gasteiger partial charge >= 0.3 is 5.97 Å². The molecule has 1 N–H and O–H groups in total. The van der Waals surface area contributed by atoms with Crippen molar-refractivity contribution in [1.82, 2.24) is 14.5 Å². The number of hydrogen-bond donors (Lipinski definition) is 1. The van der Waals surface area contributed by atoms with E-state index in [4.69, 9.17) is 4.74 Å². The smallest absolute Gasteiger partial charge is 0.338 e. The summed E-state index contributed by atoms with van der Waals surface area (Å²) in [5, 5.41) is 1.12. The number of rotatable bonds is 4. The molecule has 168 valence electrons. The minimum absolute atomic E-state index is 0.208. The van der Waals surface area contributed by atoms with E-state index in [1.807, 2.05) is 44.2 Å². The summed E-state index contributed by atoms with van der Waals surface area (Å²) in [6, 6.07) is 15.1. The van der Waals surface area contributed by atoms with E-state index in [2.05, 4.69) is 16.0 Å². The molecule has 6 heteroatoms. The number of esters is 1. The number of H-pyrrole nitrogens is 1. The van der Waals surface area contributed by atoms with Gasteiger partial charge in [-0.15, -0.1) is 0 Å². The van der Waals surface area contributed by atoms with E-state index in [-0.39, 0.29) is 5.91 Å². The van der Waals surface area contributed by atoms with Gasteiger partial charge in [-0.1, -0.05) is 30.3 Å². The summed E-state index contributed by atoms with van der Waals surface area (Å²) in [7, 11) is 0. The van der Waals surface area contributed by atoms with Gasteiger partial charge in [0, 0.05) is 22.3 Å². The Morgan fingerprint density at radius 2 is 1.76 bits per heavy atom. The van der Waals surface area contributed by atoms with Gasteiger partial charge in [0.2, 0.25) is 0 Å². The van der Waals surface area contributed by atoms with Gasteiger partial charge in [0.15, 0.2) is 6.10 Å². The molecule has 0 amide bonds. The number of imidazole rings is 1. The Hall–Kier alpha value is -3.67. The van der Waals surface area contributed by atoms with Gasteiger partial charge in [-0.3, -0.25) is 9.36 Å². The second-order valence-corrected chi connectivity index (χ2v) is 8.74. The number of carbonyl (C=O) groups is 2. The van der Waals surface area contributed by atoms with Crippen LogP contribution >= 0.6 is 0 Å². The molecular formula is C27H27N3O3. The summed E-state index contributed by atoms with van der Waals surface area (Å²) >= 11 is 0. The largest absolute Gasteiger partial charge is 0.449 e. The fraction of sp³-hybridized carbons (Fsp3) is 0.296. The van der Waals surface area contributed by atoms with Crippen molar-refractivity contribution in [1.29, 1.82) is 0 Å². The summed E-state index contributed by atoms with van der Waals surface area (Å²) in [6.45, 7) is 5.57. The normalized spacial score (nSPS) is 14.2. The van der Waals surface area contributed by atoms with Gasteiger partial charge < -0.3 is 9.72 Å². The second kappa shape index (κ2) is 8.35. The number of ether oxygens (including phenoxy) is 1. The fourth-order valence-corrected chi connectivity index (χ4v) is 4.66. The third kappa shape index (κ3) is 3.75. The number of hydrogen-bond acceptors (Lipinski definition) is 4. The molecule has 0 bridgehead atoms. The monoisotopic (exact) mass is 441 g/mol. The lowest BCUT2D eigenvalue weighted by molar-refractivity contribution is 0.0285. The number of aryl methyl sites for hydroxylation is 3. The highest BCUT2D eigenvalue weighted by Crippen LogP contribution is 2.32. The van der Waals surface area contributed by atoms with Crippen LogP contribution in [0.25, 0.3) is 22.3 Å². The first kappa shape index (κ1) is 21.2. The molecule has 33 heavy (non-hydrogen) atoms. The van der Waals surface area contributed by atoms with Crippen LogP contribution in [0.15, 0.2) is 48.5 Å². The lowest BCUT2D eigenvalue weighted by Gasteiger charge is -2.18. The Labute approximate surface area is 192 Å². The second-order valence-electron chi connectivity index (χ2n) is 8.74. The molecular weight excluding hydrogens is 414 g/mol. The summed E-state index contributed by atoms with van der Waals surface area (Å²) in [5.41, 5.74) is 6.45. The number of nitrogens with zero attached hydrogens (tertiary/aromatic N) is 2. The Balaban J connectivity index is 1.36. The van der Waals surface area contributed by atoms with Crippen molar-refractivity contribution in [2.75, 3.05) is 0 Å². The summed E-state index contributed by atoms with van der Waals surface area (Å²) < 4.78 is 7.37. The molecule has 0 spiro atoms. The third-order valence-electron chi connectivity index (χ3n) is 6.55. The van der Waals surface area contributed by atoms with E-state index < -0.39 is 12.1 Å². The SMILES string of the molecule is Cc1nc(-c2ccc(C(=O)OC(C)C(=O)n3c4c(c5ccccc53)CCCC4)cc2)[nH]c1C. The summed E-state index contributed by atoms with van der Waals surface area (Å²) in [4.78, 5) is 33.9. The van der Waals surface area contributed by atoms with Crippen molar-refractivity contribution in [3.63, 3.8) is 0 Å². The minimum Gasteiger partial charge on any atom is -0.449 e. The van der Waals surface area contributed by atoms with E-state index in [1.54, 1.807) is 23.6 Å². The zero-order chi connectivity index (χ0) is 23.1. The van der Waals surface area contributed by atoms with Crippen molar-refractivity contribution in [2.45, 2.75) is 52.6 Å². The molecule has 5 rings (SSSR count). The maximum atomic E-state index is 13.4. The van der Waals surface area contributed by atoms with Gasteiger partial charge in [0.25, 0.3) is 5.91 Å².